The van der Waals surface area contributed by atoms with Gasteiger partial charge in [-0.3, -0.25) is 20.4 Å². The van der Waals surface area contributed by atoms with E-state index in [9.17, 15) is 9.59 Å². The van der Waals surface area contributed by atoms with Crippen LogP contribution in [-0.4, -0.2) is 32.1 Å². The van der Waals surface area contributed by atoms with Crippen LogP contribution < -0.4 is 25.1 Å². The van der Waals surface area contributed by atoms with Crippen molar-refractivity contribution in [1.29, 1.82) is 0 Å². The van der Waals surface area contributed by atoms with Crippen molar-refractivity contribution >= 4 is 11.8 Å². The molecule has 0 heterocycles. The molecule has 26 heavy (non-hydrogen) atoms. The van der Waals surface area contributed by atoms with Gasteiger partial charge in [0, 0.05) is 0 Å². The molecule has 7 nitrogen and oxygen atoms in total. The van der Waals surface area contributed by atoms with Crippen molar-refractivity contribution in [3.05, 3.63) is 54.1 Å². The molecule has 0 radical (unpaired) electrons. The van der Waals surface area contributed by atoms with Crippen molar-refractivity contribution in [3.63, 3.8) is 0 Å². The van der Waals surface area contributed by atoms with E-state index in [0.29, 0.717) is 17.2 Å². The summed E-state index contributed by atoms with van der Waals surface area (Å²) in [6.07, 6.45) is 0.881. The molecule has 2 aromatic carbocycles. The fourth-order valence-corrected chi connectivity index (χ4v) is 2.10. The van der Waals surface area contributed by atoms with Crippen LogP contribution in [0, 0.1) is 0 Å². The second-order valence-corrected chi connectivity index (χ2v) is 5.33. The molecule has 0 saturated heterocycles. The minimum atomic E-state index is -0.503. The van der Waals surface area contributed by atoms with Gasteiger partial charge in [0.05, 0.1) is 7.11 Å². The predicted octanol–water partition coefficient (Wildman–Crippen LogP) is 1.86. The van der Waals surface area contributed by atoms with Crippen LogP contribution in [0.5, 0.6) is 17.2 Å². The van der Waals surface area contributed by atoms with Crippen molar-refractivity contribution < 1.29 is 23.8 Å². The van der Waals surface area contributed by atoms with Gasteiger partial charge in [-0.25, -0.2) is 0 Å². The molecule has 2 aromatic rings. The highest BCUT2D eigenvalue weighted by Gasteiger charge is 2.09. The Labute approximate surface area is 152 Å². The fraction of sp³-hybridized carbons (Fsp3) is 0.263. The zero-order valence-corrected chi connectivity index (χ0v) is 14.8. The summed E-state index contributed by atoms with van der Waals surface area (Å²) in [5.41, 5.74) is 5.65. The van der Waals surface area contributed by atoms with Gasteiger partial charge >= 0.3 is 0 Å². The van der Waals surface area contributed by atoms with Crippen LogP contribution in [0.15, 0.2) is 48.5 Å². The molecule has 0 aliphatic rings. The number of methoxy groups -OCH3 is 1. The number of ether oxygens (including phenoxy) is 3. The van der Waals surface area contributed by atoms with Gasteiger partial charge in [-0.2, -0.15) is 0 Å². The van der Waals surface area contributed by atoms with Gasteiger partial charge in [0.25, 0.3) is 11.8 Å². The molecule has 0 atom stereocenters. The fourth-order valence-electron chi connectivity index (χ4n) is 2.10. The first-order valence-electron chi connectivity index (χ1n) is 8.17. The summed E-state index contributed by atoms with van der Waals surface area (Å²) in [6.45, 7) is 1.56. The van der Waals surface area contributed by atoms with Crippen molar-refractivity contribution in [2.45, 2.75) is 13.3 Å². The standard InChI is InChI=1S/C19H22N2O5/c1-3-14-7-6-8-15(11-14)25-12-18(22)20-21-19(23)13-26-17-10-5-4-9-16(17)24-2/h4-11H,3,12-13H2,1-2H3,(H,20,22)(H,21,23). The van der Waals surface area contributed by atoms with E-state index < -0.39 is 11.8 Å². The van der Waals surface area contributed by atoms with Crippen LogP contribution in [0.3, 0.4) is 0 Å². The van der Waals surface area contributed by atoms with Crippen molar-refractivity contribution in [3.8, 4) is 17.2 Å². The van der Waals surface area contributed by atoms with E-state index >= 15 is 0 Å². The monoisotopic (exact) mass is 358 g/mol. The SMILES string of the molecule is CCc1cccc(OCC(=O)NNC(=O)COc2ccccc2OC)c1. The molecule has 7 heteroatoms. The third kappa shape index (κ3) is 6.01. The molecule has 2 amide bonds. The Morgan fingerprint density at radius 1 is 0.885 bits per heavy atom. The molecule has 0 aliphatic heterocycles. The summed E-state index contributed by atoms with van der Waals surface area (Å²) < 4.78 is 15.9. The lowest BCUT2D eigenvalue weighted by atomic mass is 10.2. The van der Waals surface area contributed by atoms with Crippen LogP contribution in [0.4, 0.5) is 0 Å². The lowest BCUT2D eigenvalue weighted by Crippen LogP contribution is -2.45. The number of benzene rings is 2. The molecular formula is C19H22N2O5. The van der Waals surface area contributed by atoms with Gasteiger partial charge < -0.3 is 14.2 Å². The highest BCUT2D eigenvalue weighted by Crippen LogP contribution is 2.25. The van der Waals surface area contributed by atoms with E-state index in [2.05, 4.69) is 10.9 Å². The summed E-state index contributed by atoms with van der Waals surface area (Å²) >= 11 is 0. The first-order valence-corrected chi connectivity index (χ1v) is 8.17. The maximum absolute atomic E-state index is 11.7. The van der Waals surface area contributed by atoms with Crippen LogP contribution in [0.25, 0.3) is 0 Å². The molecule has 0 bridgehead atoms. The lowest BCUT2D eigenvalue weighted by molar-refractivity contribution is -0.131. The summed E-state index contributed by atoms with van der Waals surface area (Å²) in [7, 11) is 1.51. The number of carbonyl (C=O) groups excluding carboxylic acids is 2. The number of amides is 2. The van der Waals surface area contributed by atoms with Crippen molar-refractivity contribution in [2.75, 3.05) is 20.3 Å². The van der Waals surface area contributed by atoms with Gasteiger partial charge in [-0.15, -0.1) is 0 Å². The van der Waals surface area contributed by atoms with Gasteiger partial charge in [0.1, 0.15) is 5.75 Å². The van der Waals surface area contributed by atoms with Crippen LogP contribution >= 0.6 is 0 Å². The minimum Gasteiger partial charge on any atom is -0.493 e. The van der Waals surface area contributed by atoms with Gasteiger partial charge in [0.15, 0.2) is 24.7 Å². The number of carbonyl (C=O) groups is 2. The lowest BCUT2D eigenvalue weighted by Gasteiger charge is -2.11. The van der Waals surface area contributed by atoms with E-state index in [0.717, 1.165) is 12.0 Å². The number of nitrogens with one attached hydrogen (secondary N) is 2. The van der Waals surface area contributed by atoms with E-state index in [4.69, 9.17) is 14.2 Å². The van der Waals surface area contributed by atoms with Gasteiger partial charge in [-0.05, 0) is 36.2 Å². The van der Waals surface area contributed by atoms with Gasteiger partial charge in [0.2, 0.25) is 0 Å². The number of hydrazine groups is 1. The van der Waals surface area contributed by atoms with Crippen LogP contribution in [0.1, 0.15) is 12.5 Å². The Balaban J connectivity index is 1.70. The third-order valence-electron chi connectivity index (χ3n) is 3.45. The van der Waals surface area contributed by atoms with Crippen LogP contribution in [0.2, 0.25) is 0 Å². The Bertz CT molecular complexity index is 748. The highest BCUT2D eigenvalue weighted by molar-refractivity contribution is 5.83. The number of hydrogen-bond acceptors (Lipinski definition) is 5. The molecule has 0 saturated carbocycles. The molecule has 0 unspecified atom stereocenters. The van der Waals surface area contributed by atoms with Crippen molar-refractivity contribution in [2.24, 2.45) is 0 Å². The highest BCUT2D eigenvalue weighted by atomic mass is 16.5. The maximum atomic E-state index is 11.7. The Morgan fingerprint density at radius 2 is 1.54 bits per heavy atom. The third-order valence-corrected chi connectivity index (χ3v) is 3.45. The zero-order valence-electron chi connectivity index (χ0n) is 14.8. The number of hydrogen-bond donors (Lipinski definition) is 2. The molecule has 0 aliphatic carbocycles. The Hall–Kier alpha value is -3.22. The molecule has 0 fully saturated rings. The number of aryl methyl sites for hydroxylation is 1. The zero-order chi connectivity index (χ0) is 18.8. The largest absolute Gasteiger partial charge is 0.493 e. The first kappa shape index (κ1) is 19.1. The molecule has 2 rings (SSSR count). The van der Waals surface area contributed by atoms with E-state index in [1.54, 1.807) is 30.3 Å². The van der Waals surface area contributed by atoms with E-state index in [1.165, 1.54) is 7.11 Å². The molecule has 0 aromatic heterocycles. The second kappa shape index (κ2) is 9.93. The topological polar surface area (TPSA) is 85.9 Å². The Kier molecular flexibility index (Phi) is 7.30. The molecule has 0 spiro atoms. The predicted molar refractivity (Wildman–Crippen MR) is 96.1 cm³/mol. The van der Waals surface area contributed by atoms with E-state index in [-0.39, 0.29) is 13.2 Å². The minimum absolute atomic E-state index is 0.208. The molecular weight excluding hydrogens is 336 g/mol. The van der Waals surface area contributed by atoms with Crippen LogP contribution in [-0.2, 0) is 16.0 Å². The maximum Gasteiger partial charge on any atom is 0.276 e. The van der Waals surface area contributed by atoms with Gasteiger partial charge in [-0.1, -0.05) is 31.2 Å². The normalized spacial score (nSPS) is 9.92. The van der Waals surface area contributed by atoms with Crippen molar-refractivity contribution in [1.82, 2.24) is 10.9 Å². The summed E-state index contributed by atoms with van der Waals surface area (Å²) in [5.74, 6) is 0.586. The quantitative estimate of drug-likeness (QED) is 0.704. The van der Waals surface area contributed by atoms with E-state index in [1.807, 2.05) is 25.1 Å². The summed E-state index contributed by atoms with van der Waals surface area (Å²) in [5, 5.41) is 0. The Morgan fingerprint density at radius 3 is 2.19 bits per heavy atom. The average Bonchev–Trinajstić information content (AvgIpc) is 2.69. The molecule has 2 N–H and O–H groups in total. The summed E-state index contributed by atoms with van der Waals surface area (Å²) in [4.78, 5) is 23.5. The second-order valence-electron chi connectivity index (χ2n) is 5.33. The number of para-hydroxylation sites is 2. The number of rotatable bonds is 8. The smallest absolute Gasteiger partial charge is 0.276 e. The first-order chi connectivity index (χ1) is 12.6. The average molecular weight is 358 g/mol. The summed E-state index contributed by atoms with van der Waals surface area (Å²) in [6, 6.07) is 14.4. The molecule has 138 valence electrons.